The standard InChI is InChI=1S/C5H11NO3/c1-9-3-4(6)2-5(7)8/h4H,2-3,6H2,1H3,(H,7,8)/t4-/m0/s1. The molecule has 0 aliphatic rings. The second-order valence-corrected chi connectivity index (χ2v) is 1.81. The van der Waals surface area contributed by atoms with Crippen LogP contribution in [0.4, 0.5) is 0 Å². The predicted molar refractivity (Wildman–Crippen MR) is 32.1 cm³/mol. The van der Waals surface area contributed by atoms with Crippen molar-refractivity contribution < 1.29 is 14.6 Å². The lowest BCUT2D eigenvalue weighted by atomic mass is 10.2. The molecule has 0 bridgehead atoms. The van der Waals surface area contributed by atoms with Crippen LogP contribution in [0.15, 0.2) is 0 Å². The maximum Gasteiger partial charge on any atom is 0.305 e. The SMILES string of the molecule is COC[C@@H](N)CC(=O)O. The Morgan fingerprint density at radius 1 is 1.89 bits per heavy atom. The van der Waals surface area contributed by atoms with E-state index in [4.69, 9.17) is 10.8 Å². The van der Waals surface area contributed by atoms with Gasteiger partial charge in [0.1, 0.15) is 0 Å². The van der Waals surface area contributed by atoms with Crippen LogP contribution >= 0.6 is 0 Å². The Hall–Kier alpha value is -0.610. The van der Waals surface area contributed by atoms with Crippen LogP contribution in [0.1, 0.15) is 6.42 Å². The van der Waals surface area contributed by atoms with Crippen LogP contribution in [-0.2, 0) is 9.53 Å². The van der Waals surface area contributed by atoms with E-state index in [9.17, 15) is 4.79 Å². The van der Waals surface area contributed by atoms with Crippen LogP contribution < -0.4 is 5.73 Å². The van der Waals surface area contributed by atoms with Crippen molar-refractivity contribution in [2.75, 3.05) is 13.7 Å². The van der Waals surface area contributed by atoms with Crippen LogP contribution in [0.5, 0.6) is 0 Å². The normalized spacial score (nSPS) is 13.1. The fourth-order valence-electron chi connectivity index (χ4n) is 0.497. The molecule has 0 aromatic heterocycles. The van der Waals surface area contributed by atoms with E-state index in [0.717, 1.165) is 0 Å². The van der Waals surface area contributed by atoms with E-state index < -0.39 is 5.97 Å². The van der Waals surface area contributed by atoms with E-state index in [-0.39, 0.29) is 12.5 Å². The average Bonchev–Trinajstić information content (AvgIpc) is 1.63. The molecule has 0 amide bonds. The van der Waals surface area contributed by atoms with Crippen LogP contribution in [0.3, 0.4) is 0 Å². The number of rotatable bonds is 4. The van der Waals surface area contributed by atoms with Crippen LogP contribution in [0, 0.1) is 0 Å². The number of carboxylic acid groups (broad SMARTS) is 1. The molecule has 0 aliphatic heterocycles. The van der Waals surface area contributed by atoms with E-state index >= 15 is 0 Å². The van der Waals surface area contributed by atoms with E-state index in [1.165, 1.54) is 7.11 Å². The number of nitrogens with two attached hydrogens (primary N) is 1. The summed E-state index contributed by atoms with van der Waals surface area (Å²) in [5, 5.41) is 8.17. The highest BCUT2D eigenvalue weighted by Gasteiger charge is 2.05. The lowest BCUT2D eigenvalue weighted by Gasteiger charge is -2.04. The van der Waals surface area contributed by atoms with Crippen LogP contribution in [0.2, 0.25) is 0 Å². The maximum atomic E-state index is 9.95. The van der Waals surface area contributed by atoms with Gasteiger partial charge in [0.15, 0.2) is 0 Å². The first kappa shape index (κ1) is 8.39. The summed E-state index contributed by atoms with van der Waals surface area (Å²) >= 11 is 0. The molecule has 0 saturated heterocycles. The van der Waals surface area contributed by atoms with Gasteiger partial charge in [-0.05, 0) is 0 Å². The molecule has 1 atom stereocenters. The summed E-state index contributed by atoms with van der Waals surface area (Å²) in [6, 6.07) is -0.382. The minimum atomic E-state index is -0.889. The van der Waals surface area contributed by atoms with Gasteiger partial charge in [0.2, 0.25) is 0 Å². The first-order valence-corrected chi connectivity index (χ1v) is 2.63. The molecule has 0 radical (unpaired) electrons. The highest BCUT2D eigenvalue weighted by molar-refractivity contribution is 5.67. The summed E-state index contributed by atoms with van der Waals surface area (Å²) in [5.41, 5.74) is 5.28. The summed E-state index contributed by atoms with van der Waals surface area (Å²) < 4.78 is 4.62. The molecule has 0 heterocycles. The van der Waals surface area contributed by atoms with Gasteiger partial charge < -0.3 is 15.6 Å². The zero-order valence-electron chi connectivity index (χ0n) is 5.33. The molecule has 0 aliphatic carbocycles. The third-order valence-electron chi connectivity index (χ3n) is 0.818. The number of hydrogen-bond acceptors (Lipinski definition) is 3. The molecule has 4 nitrogen and oxygen atoms in total. The Labute approximate surface area is 53.6 Å². The molecular formula is C5H11NO3. The van der Waals surface area contributed by atoms with Crippen molar-refractivity contribution in [2.45, 2.75) is 12.5 Å². The van der Waals surface area contributed by atoms with E-state index in [2.05, 4.69) is 4.74 Å². The van der Waals surface area contributed by atoms with Crippen LogP contribution in [0.25, 0.3) is 0 Å². The molecule has 3 N–H and O–H groups in total. The average molecular weight is 133 g/mol. The lowest BCUT2D eigenvalue weighted by molar-refractivity contribution is -0.137. The highest BCUT2D eigenvalue weighted by atomic mass is 16.5. The fraction of sp³-hybridized carbons (Fsp3) is 0.800. The lowest BCUT2D eigenvalue weighted by Crippen LogP contribution is -2.28. The smallest absolute Gasteiger partial charge is 0.305 e. The summed E-state index contributed by atoms with van der Waals surface area (Å²) in [7, 11) is 1.49. The minimum Gasteiger partial charge on any atom is -0.481 e. The van der Waals surface area contributed by atoms with Gasteiger partial charge in [-0.15, -0.1) is 0 Å². The Balaban J connectivity index is 3.26. The third kappa shape index (κ3) is 5.26. The molecule has 0 fully saturated rings. The molecule has 54 valence electrons. The zero-order chi connectivity index (χ0) is 7.28. The molecule has 0 aromatic carbocycles. The van der Waals surface area contributed by atoms with Gasteiger partial charge >= 0.3 is 5.97 Å². The number of ether oxygens (including phenoxy) is 1. The summed E-state index contributed by atoms with van der Waals surface area (Å²) in [4.78, 5) is 9.95. The van der Waals surface area contributed by atoms with Gasteiger partial charge in [-0.3, -0.25) is 4.79 Å². The number of carboxylic acids is 1. The molecule has 0 aromatic rings. The van der Waals surface area contributed by atoms with Gasteiger partial charge in [0, 0.05) is 13.2 Å². The van der Waals surface area contributed by atoms with Gasteiger partial charge in [0.05, 0.1) is 13.0 Å². The topological polar surface area (TPSA) is 72.5 Å². The monoisotopic (exact) mass is 133 g/mol. The Kier molecular flexibility index (Phi) is 4.00. The van der Waals surface area contributed by atoms with Crippen molar-refractivity contribution in [1.82, 2.24) is 0 Å². The Bertz CT molecular complexity index is 94.2. The Morgan fingerprint density at radius 2 is 2.44 bits per heavy atom. The molecule has 0 saturated carbocycles. The number of methoxy groups -OCH3 is 1. The number of hydrogen-bond donors (Lipinski definition) is 2. The number of carbonyl (C=O) groups is 1. The zero-order valence-corrected chi connectivity index (χ0v) is 5.33. The van der Waals surface area contributed by atoms with Crippen molar-refractivity contribution in [3.05, 3.63) is 0 Å². The van der Waals surface area contributed by atoms with Gasteiger partial charge in [-0.25, -0.2) is 0 Å². The van der Waals surface area contributed by atoms with E-state index in [1.807, 2.05) is 0 Å². The maximum absolute atomic E-state index is 9.95. The van der Waals surface area contributed by atoms with Gasteiger partial charge in [0.25, 0.3) is 0 Å². The molecule has 0 rings (SSSR count). The highest BCUT2D eigenvalue weighted by Crippen LogP contribution is 1.86. The summed E-state index contributed by atoms with van der Waals surface area (Å²) in [6.45, 7) is 0.298. The second-order valence-electron chi connectivity index (χ2n) is 1.81. The minimum absolute atomic E-state index is 0.0339. The third-order valence-corrected chi connectivity index (χ3v) is 0.818. The first-order valence-electron chi connectivity index (χ1n) is 2.63. The fourth-order valence-corrected chi connectivity index (χ4v) is 0.497. The van der Waals surface area contributed by atoms with Crippen molar-refractivity contribution in [2.24, 2.45) is 5.73 Å². The molecule has 0 unspecified atom stereocenters. The largest absolute Gasteiger partial charge is 0.481 e. The quantitative estimate of drug-likeness (QED) is 0.539. The second kappa shape index (κ2) is 4.29. The molecular weight excluding hydrogens is 122 g/mol. The molecule has 9 heavy (non-hydrogen) atoms. The van der Waals surface area contributed by atoms with Crippen LogP contribution in [-0.4, -0.2) is 30.8 Å². The van der Waals surface area contributed by atoms with Gasteiger partial charge in [-0.2, -0.15) is 0 Å². The Morgan fingerprint density at radius 3 is 2.78 bits per heavy atom. The predicted octanol–water partition coefficient (Wildman–Crippen LogP) is -0.565. The van der Waals surface area contributed by atoms with E-state index in [1.54, 1.807) is 0 Å². The first-order chi connectivity index (χ1) is 4.16. The molecule has 4 heteroatoms. The molecule has 0 spiro atoms. The van der Waals surface area contributed by atoms with Gasteiger partial charge in [-0.1, -0.05) is 0 Å². The summed E-state index contributed by atoms with van der Waals surface area (Å²) in [6.07, 6.45) is -0.0339. The van der Waals surface area contributed by atoms with Crippen molar-refractivity contribution in [3.8, 4) is 0 Å². The summed E-state index contributed by atoms with van der Waals surface area (Å²) in [5.74, 6) is -0.889. The van der Waals surface area contributed by atoms with E-state index in [0.29, 0.717) is 6.61 Å². The van der Waals surface area contributed by atoms with Crippen molar-refractivity contribution >= 4 is 5.97 Å². The number of aliphatic carboxylic acids is 1. The van der Waals surface area contributed by atoms with Crippen molar-refractivity contribution in [3.63, 3.8) is 0 Å². The van der Waals surface area contributed by atoms with Crippen molar-refractivity contribution in [1.29, 1.82) is 0 Å².